The Morgan fingerprint density at radius 3 is 2.89 bits per heavy atom. The summed E-state index contributed by atoms with van der Waals surface area (Å²) in [4.78, 5) is 13.5. The molecule has 0 atom stereocenters. The van der Waals surface area contributed by atoms with Crippen LogP contribution in [0.15, 0.2) is 18.2 Å². The molecule has 0 aromatic heterocycles. The van der Waals surface area contributed by atoms with Crippen LogP contribution >= 0.6 is 11.6 Å². The van der Waals surface area contributed by atoms with Crippen LogP contribution in [0.5, 0.6) is 0 Å². The van der Waals surface area contributed by atoms with E-state index in [-0.39, 0.29) is 5.91 Å². The summed E-state index contributed by atoms with van der Waals surface area (Å²) in [5.41, 5.74) is 1.11. The van der Waals surface area contributed by atoms with Gasteiger partial charge in [0.15, 0.2) is 0 Å². The van der Waals surface area contributed by atoms with E-state index in [0.29, 0.717) is 22.8 Å². The number of amides is 1. The molecule has 4 nitrogen and oxygen atoms in total. The zero-order valence-electron chi connectivity index (χ0n) is 10.8. The topological polar surface area (TPSA) is 56.1 Å². The quantitative estimate of drug-likeness (QED) is 0.897. The van der Waals surface area contributed by atoms with Crippen LogP contribution in [0.25, 0.3) is 0 Å². The highest BCUT2D eigenvalue weighted by molar-refractivity contribution is 6.32. The number of benzene rings is 1. The highest BCUT2D eigenvalue weighted by atomic mass is 35.5. The SMILES string of the molecule is CN(C(=O)CNCC1CC1)c1ccc(C#N)c(Cl)c1. The molecule has 5 heteroatoms. The van der Waals surface area contributed by atoms with E-state index in [2.05, 4.69) is 5.32 Å². The van der Waals surface area contributed by atoms with Crippen LogP contribution in [0, 0.1) is 17.2 Å². The van der Waals surface area contributed by atoms with Gasteiger partial charge in [-0.05, 0) is 43.5 Å². The van der Waals surface area contributed by atoms with E-state index >= 15 is 0 Å². The predicted molar refractivity (Wildman–Crippen MR) is 75.2 cm³/mol. The molecule has 1 N–H and O–H groups in total. The van der Waals surface area contributed by atoms with Gasteiger partial charge in [0.1, 0.15) is 6.07 Å². The number of carbonyl (C=O) groups excluding carboxylic acids is 1. The maximum Gasteiger partial charge on any atom is 0.240 e. The minimum atomic E-state index is -0.0126. The van der Waals surface area contributed by atoms with Crippen molar-refractivity contribution >= 4 is 23.2 Å². The lowest BCUT2D eigenvalue weighted by atomic mass is 10.2. The average Bonchev–Trinajstić information content (AvgIpc) is 3.21. The Hall–Kier alpha value is -1.57. The molecule has 100 valence electrons. The Kier molecular flexibility index (Phi) is 4.41. The summed E-state index contributed by atoms with van der Waals surface area (Å²) < 4.78 is 0. The highest BCUT2D eigenvalue weighted by Crippen LogP contribution is 2.27. The van der Waals surface area contributed by atoms with E-state index < -0.39 is 0 Å². The molecule has 0 heterocycles. The standard InChI is InChI=1S/C14H16ClN3O/c1-18(14(19)9-17-8-10-2-3-10)12-5-4-11(7-16)13(15)6-12/h4-6,10,17H,2-3,8-9H2,1H3. The number of anilines is 1. The van der Waals surface area contributed by atoms with Gasteiger partial charge >= 0.3 is 0 Å². The van der Waals surface area contributed by atoms with Crippen LogP contribution in [0.3, 0.4) is 0 Å². The fourth-order valence-electron chi connectivity index (χ4n) is 1.77. The maximum atomic E-state index is 12.0. The summed E-state index contributed by atoms with van der Waals surface area (Å²) in [6.45, 7) is 1.23. The lowest BCUT2D eigenvalue weighted by Crippen LogP contribution is -2.36. The molecular weight excluding hydrogens is 262 g/mol. The Bertz CT molecular complexity index is 520. The van der Waals surface area contributed by atoms with Crippen LogP contribution in [-0.4, -0.2) is 26.0 Å². The Morgan fingerprint density at radius 1 is 1.58 bits per heavy atom. The molecule has 1 saturated carbocycles. The molecule has 1 fully saturated rings. The van der Waals surface area contributed by atoms with Crippen molar-refractivity contribution in [2.75, 3.05) is 25.0 Å². The monoisotopic (exact) mass is 277 g/mol. The molecular formula is C14H16ClN3O. The van der Waals surface area contributed by atoms with E-state index in [9.17, 15) is 4.79 Å². The number of nitrogens with one attached hydrogen (secondary N) is 1. The van der Waals surface area contributed by atoms with Crippen molar-refractivity contribution in [1.82, 2.24) is 5.32 Å². The number of hydrogen-bond acceptors (Lipinski definition) is 3. The van der Waals surface area contributed by atoms with Crippen LogP contribution in [-0.2, 0) is 4.79 Å². The van der Waals surface area contributed by atoms with Gasteiger partial charge in [0.25, 0.3) is 0 Å². The van der Waals surface area contributed by atoms with Crippen molar-refractivity contribution in [3.05, 3.63) is 28.8 Å². The third-order valence-corrected chi connectivity index (χ3v) is 3.55. The second kappa shape index (κ2) is 6.05. The predicted octanol–water partition coefficient (Wildman–Crippen LogP) is 2.17. The minimum absolute atomic E-state index is 0.0126. The number of halogens is 1. The first-order chi connectivity index (χ1) is 9.11. The van der Waals surface area contributed by atoms with Crippen molar-refractivity contribution in [2.45, 2.75) is 12.8 Å². The molecule has 0 unspecified atom stereocenters. The molecule has 1 aliphatic rings. The van der Waals surface area contributed by atoms with Crippen LogP contribution < -0.4 is 10.2 Å². The Morgan fingerprint density at radius 2 is 2.32 bits per heavy atom. The van der Waals surface area contributed by atoms with Crippen molar-refractivity contribution in [3.63, 3.8) is 0 Å². The number of carbonyl (C=O) groups is 1. The fourth-order valence-corrected chi connectivity index (χ4v) is 1.99. The maximum absolute atomic E-state index is 12.0. The summed E-state index contributed by atoms with van der Waals surface area (Å²) in [5.74, 6) is 0.740. The zero-order chi connectivity index (χ0) is 13.8. The fraction of sp³-hybridized carbons (Fsp3) is 0.429. The molecule has 19 heavy (non-hydrogen) atoms. The number of likely N-dealkylation sites (N-methyl/N-ethyl adjacent to an activating group) is 1. The van der Waals surface area contributed by atoms with Gasteiger partial charge in [-0.2, -0.15) is 5.26 Å². The molecule has 1 amide bonds. The van der Waals surface area contributed by atoms with Gasteiger partial charge in [-0.15, -0.1) is 0 Å². The van der Waals surface area contributed by atoms with E-state index in [4.69, 9.17) is 16.9 Å². The first-order valence-corrected chi connectivity index (χ1v) is 6.66. The largest absolute Gasteiger partial charge is 0.314 e. The van der Waals surface area contributed by atoms with Gasteiger partial charge in [0.2, 0.25) is 5.91 Å². The summed E-state index contributed by atoms with van der Waals surface area (Å²) in [5, 5.41) is 12.3. The van der Waals surface area contributed by atoms with Crippen molar-refractivity contribution < 1.29 is 4.79 Å². The molecule has 1 aromatic carbocycles. The lowest BCUT2D eigenvalue weighted by Gasteiger charge is -2.18. The normalized spacial score (nSPS) is 13.9. The molecule has 0 radical (unpaired) electrons. The summed E-state index contributed by atoms with van der Waals surface area (Å²) in [6, 6.07) is 6.98. The van der Waals surface area contributed by atoms with E-state index in [1.54, 1.807) is 30.1 Å². The van der Waals surface area contributed by atoms with E-state index in [0.717, 1.165) is 12.5 Å². The van der Waals surface area contributed by atoms with Gasteiger partial charge in [0, 0.05) is 12.7 Å². The second-order valence-electron chi connectivity index (χ2n) is 4.80. The molecule has 0 spiro atoms. The summed E-state index contributed by atoms with van der Waals surface area (Å²) in [6.07, 6.45) is 2.53. The molecule has 1 aromatic rings. The van der Waals surface area contributed by atoms with Gasteiger partial charge in [0.05, 0.1) is 17.1 Å². The summed E-state index contributed by atoms with van der Waals surface area (Å²) in [7, 11) is 1.71. The van der Waals surface area contributed by atoms with Crippen molar-refractivity contribution in [3.8, 4) is 6.07 Å². The first kappa shape index (κ1) is 13.9. The van der Waals surface area contributed by atoms with Crippen LogP contribution in [0.1, 0.15) is 18.4 Å². The zero-order valence-corrected chi connectivity index (χ0v) is 11.6. The average molecular weight is 278 g/mol. The van der Waals surface area contributed by atoms with Crippen molar-refractivity contribution in [1.29, 1.82) is 5.26 Å². The van der Waals surface area contributed by atoms with Gasteiger partial charge in [-0.25, -0.2) is 0 Å². The van der Waals surface area contributed by atoms with E-state index in [1.165, 1.54) is 12.8 Å². The number of nitriles is 1. The lowest BCUT2D eigenvalue weighted by molar-refractivity contribution is -0.117. The molecule has 1 aliphatic carbocycles. The van der Waals surface area contributed by atoms with Gasteiger partial charge in [-0.3, -0.25) is 4.79 Å². The van der Waals surface area contributed by atoms with Crippen LogP contribution in [0.4, 0.5) is 5.69 Å². The third-order valence-electron chi connectivity index (χ3n) is 3.24. The van der Waals surface area contributed by atoms with Crippen LogP contribution in [0.2, 0.25) is 5.02 Å². The van der Waals surface area contributed by atoms with Gasteiger partial charge < -0.3 is 10.2 Å². The molecule has 0 bridgehead atoms. The summed E-state index contributed by atoms with van der Waals surface area (Å²) >= 11 is 5.96. The minimum Gasteiger partial charge on any atom is -0.314 e. The number of rotatable bonds is 5. The molecule has 0 saturated heterocycles. The molecule has 2 rings (SSSR count). The molecule has 0 aliphatic heterocycles. The Labute approximate surface area is 118 Å². The smallest absolute Gasteiger partial charge is 0.240 e. The van der Waals surface area contributed by atoms with Gasteiger partial charge in [-0.1, -0.05) is 11.6 Å². The van der Waals surface area contributed by atoms with E-state index in [1.807, 2.05) is 6.07 Å². The number of hydrogen-bond donors (Lipinski definition) is 1. The highest BCUT2D eigenvalue weighted by Gasteiger charge is 2.21. The first-order valence-electron chi connectivity index (χ1n) is 6.28. The van der Waals surface area contributed by atoms with Crippen molar-refractivity contribution in [2.24, 2.45) is 5.92 Å². The number of nitrogens with zero attached hydrogens (tertiary/aromatic N) is 2. The Balaban J connectivity index is 1.93. The third kappa shape index (κ3) is 3.69. The second-order valence-corrected chi connectivity index (χ2v) is 5.21.